The van der Waals surface area contributed by atoms with Crippen molar-refractivity contribution in [2.24, 2.45) is 0 Å². The minimum absolute atomic E-state index is 0.218. The Morgan fingerprint density at radius 2 is 1.74 bits per heavy atom. The van der Waals surface area contributed by atoms with E-state index in [9.17, 15) is 9.59 Å². The van der Waals surface area contributed by atoms with E-state index >= 15 is 0 Å². The summed E-state index contributed by atoms with van der Waals surface area (Å²) in [6.45, 7) is 4.27. The van der Waals surface area contributed by atoms with Gasteiger partial charge >= 0.3 is 12.0 Å². The van der Waals surface area contributed by atoms with Crippen molar-refractivity contribution < 1.29 is 14.3 Å². The predicted octanol–water partition coefficient (Wildman–Crippen LogP) is 5.77. The number of esters is 1. The Bertz CT molecular complexity index is 1600. The second-order valence-corrected chi connectivity index (χ2v) is 9.85. The standard InChI is InChI=1S/C27H23N7O3S2/c1-3-28-27(36)33-20-13-17(24-32-19(15-38-24)16-9-6-5-7-10-16)18(14-31-20)25-34-21(23-29-11-8-12-30-23)22(39-25)26(35)37-4-2/h5-15H,3-4H2,1-2H3,(H2,28,31,33,36). The molecular formula is C27H23N7O3S2. The monoisotopic (exact) mass is 557 g/mol. The van der Waals surface area contributed by atoms with E-state index in [1.807, 2.05) is 42.6 Å². The van der Waals surface area contributed by atoms with E-state index in [1.165, 1.54) is 22.7 Å². The number of nitrogens with one attached hydrogen (secondary N) is 2. The molecule has 4 heterocycles. The van der Waals surface area contributed by atoms with Crippen LogP contribution in [-0.2, 0) is 4.74 Å². The first-order valence-electron chi connectivity index (χ1n) is 12.1. The van der Waals surface area contributed by atoms with Crippen molar-refractivity contribution in [1.29, 1.82) is 0 Å². The quantitative estimate of drug-likeness (QED) is 0.230. The van der Waals surface area contributed by atoms with Crippen LogP contribution in [0.15, 0.2) is 66.4 Å². The number of rotatable bonds is 8. The zero-order valence-electron chi connectivity index (χ0n) is 21.0. The Kier molecular flexibility index (Phi) is 7.94. The topological polar surface area (TPSA) is 132 Å². The van der Waals surface area contributed by atoms with Crippen LogP contribution >= 0.6 is 22.7 Å². The maximum Gasteiger partial charge on any atom is 0.350 e. The lowest BCUT2D eigenvalue weighted by Gasteiger charge is -2.09. The summed E-state index contributed by atoms with van der Waals surface area (Å²) < 4.78 is 5.29. The van der Waals surface area contributed by atoms with Crippen LogP contribution in [0.5, 0.6) is 0 Å². The maximum absolute atomic E-state index is 12.8. The van der Waals surface area contributed by atoms with Gasteiger partial charge in [-0.15, -0.1) is 22.7 Å². The fourth-order valence-corrected chi connectivity index (χ4v) is 5.51. The lowest BCUT2D eigenvalue weighted by atomic mass is 10.1. The molecule has 4 aromatic heterocycles. The molecule has 5 aromatic rings. The molecule has 39 heavy (non-hydrogen) atoms. The van der Waals surface area contributed by atoms with Crippen LogP contribution in [0.1, 0.15) is 23.5 Å². The Labute approximate surface area is 232 Å². The van der Waals surface area contributed by atoms with E-state index in [2.05, 4.69) is 25.6 Å². The van der Waals surface area contributed by atoms with Gasteiger partial charge in [0.15, 0.2) is 5.82 Å². The summed E-state index contributed by atoms with van der Waals surface area (Å²) in [6.07, 6.45) is 4.79. The number of nitrogens with zero attached hydrogens (tertiary/aromatic N) is 5. The van der Waals surface area contributed by atoms with Crippen molar-refractivity contribution in [2.75, 3.05) is 18.5 Å². The van der Waals surface area contributed by atoms with Crippen LogP contribution in [0.4, 0.5) is 10.6 Å². The first-order valence-corrected chi connectivity index (χ1v) is 13.8. The van der Waals surface area contributed by atoms with E-state index < -0.39 is 5.97 Å². The summed E-state index contributed by atoms with van der Waals surface area (Å²) in [5, 5.41) is 8.65. The largest absolute Gasteiger partial charge is 0.462 e. The zero-order valence-corrected chi connectivity index (χ0v) is 22.7. The molecule has 0 aliphatic heterocycles. The highest BCUT2D eigenvalue weighted by Crippen LogP contribution is 2.40. The van der Waals surface area contributed by atoms with E-state index in [4.69, 9.17) is 14.7 Å². The van der Waals surface area contributed by atoms with Crippen LogP contribution in [0.2, 0.25) is 0 Å². The fraction of sp³-hybridized carbons (Fsp3) is 0.148. The number of carbonyl (C=O) groups is 2. The molecule has 0 unspecified atom stereocenters. The minimum atomic E-state index is -0.506. The molecule has 12 heteroatoms. The minimum Gasteiger partial charge on any atom is -0.462 e. The molecule has 0 fully saturated rings. The summed E-state index contributed by atoms with van der Waals surface area (Å²) >= 11 is 2.63. The number of carbonyl (C=O) groups excluding carboxylic acids is 2. The molecule has 2 N–H and O–H groups in total. The first kappa shape index (κ1) is 26.1. The number of hydrogen-bond acceptors (Lipinski definition) is 10. The van der Waals surface area contributed by atoms with E-state index in [0.29, 0.717) is 45.0 Å². The predicted molar refractivity (Wildman–Crippen MR) is 152 cm³/mol. The van der Waals surface area contributed by atoms with Gasteiger partial charge in [-0.1, -0.05) is 30.3 Å². The van der Waals surface area contributed by atoms with Gasteiger partial charge in [0.25, 0.3) is 0 Å². The van der Waals surface area contributed by atoms with Crippen molar-refractivity contribution in [3.63, 3.8) is 0 Å². The molecule has 196 valence electrons. The Hall–Kier alpha value is -4.55. The molecule has 0 atom stereocenters. The summed E-state index contributed by atoms with van der Waals surface area (Å²) in [5.74, 6) is 0.158. The lowest BCUT2D eigenvalue weighted by molar-refractivity contribution is 0.0532. The number of amides is 2. The van der Waals surface area contributed by atoms with Gasteiger partial charge in [-0.2, -0.15) is 0 Å². The van der Waals surface area contributed by atoms with Crippen molar-refractivity contribution in [3.05, 3.63) is 71.3 Å². The average Bonchev–Trinajstić information content (AvgIpc) is 3.63. The van der Waals surface area contributed by atoms with Crippen LogP contribution in [0, 0.1) is 0 Å². The number of benzene rings is 1. The highest BCUT2D eigenvalue weighted by molar-refractivity contribution is 7.17. The third-order valence-corrected chi connectivity index (χ3v) is 7.33. The zero-order chi connectivity index (χ0) is 27.2. The van der Waals surface area contributed by atoms with Gasteiger partial charge in [0.05, 0.1) is 12.3 Å². The number of anilines is 1. The first-order chi connectivity index (χ1) is 19.1. The molecule has 0 spiro atoms. The molecule has 5 rings (SSSR count). The van der Waals surface area contributed by atoms with Crippen LogP contribution in [0.25, 0.3) is 43.9 Å². The molecule has 0 saturated carbocycles. The summed E-state index contributed by atoms with van der Waals surface area (Å²) in [5.41, 5.74) is 3.48. The number of aromatic nitrogens is 5. The second-order valence-electron chi connectivity index (χ2n) is 7.99. The maximum atomic E-state index is 12.8. The Morgan fingerprint density at radius 3 is 2.49 bits per heavy atom. The van der Waals surface area contributed by atoms with Gasteiger partial charge in [0, 0.05) is 47.2 Å². The van der Waals surface area contributed by atoms with Crippen LogP contribution in [0.3, 0.4) is 0 Å². The van der Waals surface area contributed by atoms with Crippen molar-refractivity contribution >= 4 is 40.5 Å². The molecule has 0 radical (unpaired) electrons. The van der Waals surface area contributed by atoms with Gasteiger partial charge in [-0.3, -0.25) is 5.32 Å². The molecule has 0 aliphatic carbocycles. The molecule has 0 saturated heterocycles. The van der Waals surface area contributed by atoms with Crippen molar-refractivity contribution in [3.8, 4) is 43.9 Å². The van der Waals surface area contributed by atoms with Gasteiger partial charge in [-0.25, -0.2) is 34.5 Å². The fourth-order valence-electron chi connectivity index (χ4n) is 3.67. The lowest BCUT2D eigenvalue weighted by Crippen LogP contribution is -2.28. The summed E-state index contributed by atoms with van der Waals surface area (Å²) in [7, 11) is 0. The summed E-state index contributed by atoms with van der Waals surface area (Å²) in [6, 6.07) is 12.9. The third kappa shape index (κ3) is 5.81. The van der Waals surface area contributed by atoms with E-state index in [1.54, 1.807) is 37.6 Å². The van der Waals surface area contributed by atoms with Gasteiger partial charge in [0.1, 0.15) is 26.4 Å². The molecule has 0 bridgehead atoms. The van der Waals surface area contributed by atoms with Crippen molar-refractivity contribution in [2.45, 2.75) is 13.8 Å². The molecule has 10 nitrogen and oxygen atoms in total. The number of urea groups is 1. The molecule has 1 aromatic carbocycles. The van der Waals surface area contributed by atoms with Crippen LogP contribution < -0.4 is 10.6 Å². The highest BCUT2D eigenvalue weighted by atomic mass is 32.1. The SMILES string of the molecule is CCNC(=O)Nc1cc(-c2nc(-c3ccccc3)cs2)c(-c2nc(-c3ncccn3)c(C(=O)OCC)s2)cn1. The smallest absolute Gasteiger partial charge is 0.350 e. The van der Waals surface area contributed by atoms with Gasteiger partial charge in [0.2, 0.25) is 0 Å². The normalized spacial score (nSPS) is 10.7. The second kappa shape index (κ2) is 11.9. The molecule has 0 aliphatic rings. The third-order valence-electron chi connectivity index (χ3n) is 5.38. The molecule has 2 amide bonds. The Morgan fingerprint density at radius 1 is 0.949 bits per heavy atom. The number of hydrogen-bond donors (Lipinski definition) is 2. The molecular weight excluding hydrogens is 534 g/mol. The number of thiazole rings is 2. The Balaban J connectivity index is 1.64. The van der Waals surface area contributed by atoms with Gasteiger partial charge < -0.3 is 10.1 Å². The van der Waals surface area contributed by atoms with Crippen LogP contribution in [-0.4, -0.2) is 50.1 Å². The van der Waals surface area contributed by atoms with E-state index in [0.717, 1.165) is 11.3 Å². The summed E-state index contributed by atoms with van der Waals surface area (Å²) in [4.78, 5) is 48.0. The highest BCUT2D eigenvalue weighted by Gasteiger charge is 2.25. The van der Waals surface area contributed by atoms with E-state index in [-0.39, 0.29) is 17.5 Å². The van der Waals surface area contributed by atoms with Crippen molar-refractivity contribution in [1.82, 2.24) is 30.2 Å². The average molecular weight is 558 g/mol. The number of pyridine rings is 1. The van der Waals surface area contributed by atoms with Gasteiger partial charge in [-0.05, 0) is 26.0 Å². The number of ether oxygens (including phenoxy) is 1.